The fraction of sp³-hybridized carbons (Fsp3) is 0.211. The van der Waals surface area contributed by atoms with Crippen LogP contribution in [0.15, 0.2) is 52.9 Å². The van der Waals surface area contributed by atoms with Gasteiger partial charge in [0.15, 0.2) is 0 Å². The zero-order valence-electron chi connectivity index (χ0n) is 14.4. The first-order valence-corrected chi connectivity index (χ1v) is 8.06. The quantitative estimate of drug-likeness (QED) is 0.731. The maximum absolute atomic E-state index is 11.0. The summed E-state index contributed by atoms with van der Waals surface area (Å²) in [6, 6.07) is 15.3. The summed E-state index contributed by atoms with van der Waals surface area (Å²) in [5.74, 6) is 0.930. The molecule has 2 N–H and O–H groups in total. The van der Waals surface area contributed by atoms with Gasteiger partial charge in [-0.3, -0.25) is 4.79 Å². The largest absolute Gasteiger partial charge is 0.418 e. The maximum Gasteiger partial charge on any atom is 0.247 e. The van der Waals surface area contributed by atoms with Crippen LogP contribution in [0.2, 0.25) is 0 Å². The number of hydrogen-bond acceptors (Lipinski definition) is 5. The number of carbonyl (C=O) groups is 1. The fourth-order valence-electron chi connectivity index (χ4n) is 2.47. The lowest BCUT2D eigenvalue weighted by molar-refractivity contribution is -0.114. The summed E-state index contributed by atoms with van der Waals surface area (Å²) in [6.07, 6.45) is 0. The molecule has 0 bridgehead atoms. The van der Waals surface area contributed by atoms with Crippen molar-refractivity contribution in [1.82, 2.24) is 10.2 Å². The molecule has 1 amide bonds. The number of rotatable bonds is 5. The van der Waals surface area contributed by atoms with Crippen molar-refractivity contribution < 1.29 is 9.21 Å². The van der Waals surface area contributed by atoms with E-state index < -0.39 is 0 Å². The second-order valence-electron chi connectivity index (χ2n) is 5.94. The Hall–Kier alpha value is -3.15. The summed E-state index contributed by atoms with van der Waals surface area (Å²) >= 11 is 0. The van der Waals surface area contributed by atoms with E-state index in [4.69, 9.17) is 4.42 Å². The average molecular weight is 336 g/mol. The van der Waals surface area contributed by atoms with E-state index in [2.05, 4.69) is 20.8 Å². The Morgan fingerprint density at radius 1 is 1.08 bits per heavy atom. The Labute approximate surface area is 146 Å². The van der Waals surface area contributed by atoms with Crippen LogP contribution in [0.5, 0.6) is 0 Å². The number of amides is 1. The molecule has 0 unspecified atom stereocenters. The predicted molar refractivity (Wildman–Crippen MR) is 97.3 cm³/mol. The van der Waals surface area contributed by atoms with Crippen LogP contribution < -0.4 is 10.6 Å². The van der Waals surface area contributed by atoms with Gasteiger partial charge in [-0.2, -0.15) is 0 Å². The summed E-state index contributed by atoms with van der Waals surface area (Å²) in [5.41, 5.74) is 3.70. The third kappa shape index (κ3) is 4.23. The smallest absolute Gasteiger partial charge is 0.247 e. The molecule has 1 atom stereocenters. The van der Waals surface area contributed by atoms with Gasteiger partial charge in [0, 0.05) is 23.9 Å². The van der Waals surface area contributed by atoms with E-state index in [1.165, 1.54) is 6.92 Å². The normalized spacial score (nSPS) is 11.8. The lowest BCUT2D eigenvalue weighted by Crippen LogP contribution is -2.08. The van der Waals surface area contributed by atoms with Gasteiger partial charge < -0.3 is 15.1 Å². The molecule has 0 fully saturated rings. The van der Waals surface area contributed by atoms with Gasteiger partial charge in [-0.1, -0.05) is 17.7 Å². The zero-order valence-corrected chi connectivity index (χ0v) is 14.4. The lowest BCUT2D eigenvalue weighted by atomic mass is 10.1. The molecule has 0 aliphatic carbocycles. The van der Waals surface area contributed by atoms with Crippen molar-refractivity contribution in [2.45, 2.75) is 26.8 Å². The van der Waals surface area contributed by atoms with Crippen molar-refractivity contribution in [3.05, 3.63) is 60.0 Å². The summed E-state index contributed by atoms with van der Waals surface area (Å²) in [6.45, 7) is 5.46. The Bertz CT molecular complexity index is 871. The van der Waals surface area contributed by atoms with E-state index >= 15 is 0 Å². The van der Waals surface area contributed by atoms with Crippen molar-refractivity contribution >= 4 is 17.3 Å². The Morgan fingerprint density at radius 2 is 1.80 bits per heavy atom. The number of aryl methyl sites for hydroxylation is 1. The van der Waals surface area contributed by atoms with Crippen molar-refractivity contribution in [2.24, 2.45) is 0 Å². The van der Waals surface area contributed by atoms with Gasteiger partial charge in [0.1, 0.15) is 6.04 Å². The highest BCUT2D eigenvalue weighted by atomic mass is 16.4. The molecule has 0 spiro atoms. The third-order valence-electron chi connectivity index (χ3n) is 3.66. The number of anilines is 2. The number of hydrogen-bond donors (Lipinski definition) is 2. The number of nitrogens with zero attached hydrogens (tertiary/aromatic N) is 2. The third-order valence-corrected chi connectivity index (χ3v) is 3.66. The standard InChI is InChI=1S/C19H20N4O2/c1-12-5-4-6-15(11-12)19-23-22-18(25-19)13(2)20-16-7-9-17(10-8-16)21-14(3)24/h4-11,13,20H,1-3H3,(H,21,24)/t13-/m1/s1. The first kappa shape index (κ1) is 16.7. The molecule has 2 aromatic carbocycles. The van der Waals surface area contributed by atoms with Crippen LogP contribution in [0.1, 0.15) is 31.3 Å². The minimum absolute atomic E-state index is 0.0939. The van der Waals surface area contributed by atoms with Crippen LogP contribution in [0.4, 0.5) is 11.4 Å². The van der Waals surface area contributed by atoms with Gasteiger partial charge >= 0.3 is 0 Å². The summed E-state index contributed by atoms with van der Waals surface area (Å²) in [4.78, 5) is 11.0. The second kappa shape index (κ2) is 7.17. The minimum Gasteiger partial charge on any atom is -0.418 e. The topological polar surface area (TPSA) is 80.0 Å². The molecule has 25 heavy (non-hydrogen) atoms. The first-order valence-electron chi connectivity index (χ1n) is 8.06. The zero-order chi connectivity index (χ0) is 17.8. The maximum atomic E-state index is 11.0. The average Bonchev–Trinajstić information content (AvgIpc) is 3.06. The molecule has 6 nitrogen and oxygen atoms in total. The molecule has 0 saturated heterocycles. The van der Waals surface area contributed by atoms with Gasteiger partial charge in [-0.15, -0.1) is 10.2 Å². The van der Waals surface area contributed by atoms with E-state index in [9.17, 15) is 4.79 Å². The molecule has 1 aromatic heterocycles. The summed E-state index contributed by atoms with van der Waals surface area (Å²) in [7, 11) is 0. The lowest BCUT2D eigenvalue weighted by Gasteiger charge is -2.12. The highest BCUT2D eigenvalue weighted by molar-refractivity contribution is 5.88. The molecule has 3 aromatic rings. The van der Waals surface area contributed by atoms with Crippen LogP contribution in [-0.2, 0) is 4.79 Å². The summed E-state index contributed by atoms with van der Waals surface area (Å²) in [5, 5.41) is 14.3. The van der Waals surface area contributed by atoms with E-state index in [0.717, 1.165) is 22.5 Å². The molecular weight excluding hydrogens is 316 g/mol. The van der Waals surface area contributed by atoms with Crippen LogP contribution in [0.25, 0.3) is 11.5 Å². The molecule has 128 valence electrons. The predicted octanol–water partition coefficient (Wildman–Crippen LogP) is 4.18. The number of aromatic nitrogens is 2. The molecule has 0 aliphatic heterocycles. The first-order chi connectivity index (χ1) is 12.0. The second-order valence-corrected chi connectivity index (χ2v) is 5.94. The van der Waals surface area contributed by atoms with Gasteiger partial charge in [0.2, 0.25) is 17.7 Å². The van der Waals surface area contributed by atoms with Crippen LogP contribution >= 0.6 is 0 Å². The minimum atomic E-state index is -0.141. The Balaban J connectivity index is 1.69. The van der Waals surface area contributed by atoms with Gasteiger partial charge in [0.05, 0.1) is 0 Å². The van der Waals surface area contributed by atoms with E-state index in [-0.39, 0.29) is 11.9 Å². The Kier molecular flexibility index (Phi) is 4.79. The monoisotopic (exact) mass is 336 g/mol. The van der Waals surface area contributed by atoms with Crippen molar-refractivity contribution in [2.75, 3.05) is 10.6 Å². The van der Waals surface area contributed by atoms with Gasteiger partial charge in [0.25, 0.3) is 0 Å². The Morgan fingerprint density at radius 3 is 2.48 bits per heavy atom. The van der Waals surface area contributed by atoms with Crippen molar-refractivity contribution in [3.63, 3.8) is 0 Å². The molecule has 6 heteroatoms. The number of nitrogens with one attached hydrogen (secondary N) is 2. The SMILES string of the molecule is CC(=O)Nc1ccc(N[C@H](C)c2nnc(-c3cccc(C)c3)o2)cc1. The number of carbonyl (C=O) groups excluding carboxylic acids is 1. The molecule has 3 rings (SSSR count). The highest BCUT2D eigenvalue weighted by Crippen LogP contribution is 2.24. The fourth-order valence-corrected chi connectivity index (χ4v) is 2.47. The van der Waals surface area contributed by atoms with Crippen LogP contribution in [-0.4, -0.2) is 16.1 Å². The van der Waals surface area contributed by atoms with Gasteiger partial charge in [-0.25, -0.2) is 0 Å². The van der Waals surface area contributed by atoms with E-state index in [0.29, 0.717) is 11.8 Å². The molecule has 1 heterocycles. The van der Waals surface area contributed by atoms with Gasteiger partial charge in [-0.05, 0) is 50.2 Å². The van der Waals surface area contributed by atoms with Crippen molar-refractivity contribution in [1.29, 1.82) is 0 Å². The summed E-state index contributed by atoms with van der Waals surface area (Å²) < 4.78 is 5.79. The van der Waals surface area contributed by atoms with E-state index in [1.807, 2.05) is 62.4 Å². The highest BCUT2D eigenvalue weighted by Gasteiger charge is 2.15. The van der Waals surface area contributed by atoms with E-state index in [1.54, 1.807) is 0 Å². The molecule has 0 saturated carbocycles. The van der Waals surface area contributed by atoms with Crippen molar-refractivity contribution in [3.8, 4) is 11.5 Å². The van der Waals surface area contributed by atoms with Crippen LogP contribution in [0, 0.1) is 6.92 Å². The molecule has 0 radical (unpaired) electrons. The van der Waals surface area contributed by atoms with Crippen LogP contribution in [0.3, 0.4) is 0 Å². The number of benzene rings is 2. The molecular formula is C19H20N4O2. The molecule has 0 aliphatic rings.